The van der Waals surface area contributed by atoms with Crippen molar-refractivity contribution in [2.75, 3.05) is 0 Å². The molecule has 0 heteroatoms. The standard InChI is InChI=1S/C9H15/c1-4-5-6-7-8-9(2)3/h1,9H,2,5-8H2,3H3. The van der Waals surface area contributed by atoms with Gasteiger partial charge in [-0.05, 0) is 12.3 Å². The van der Waals surface area contributed by atoms with Gasteiger partial charge in [-0.25, -0.2) is 0 Å². The van der Waals surface area contributed by atoms with E-state index in [4.69, 9.17) is 6.42 Å². The number of unbranched alkanes of at least 4 members (excludes halogenated alkanes) is 2. The highest BCUT2D eigenvalue weighted by Gasteiger charge is 1.91. The molecule has 0 amide bonds. The minimum atomic E-state index is 0.586. The van der Waals surface area contributed by atoms with Gasteiger partial charge < -0.3 is 0 Å². The third-order valence-corrected chi connectivity index (χ3v) is 1.27. The predicted molar refractivity (Wildman–Crippen MR) is 41.8 cm³/mol. The maximum atomic E-state index is 5.08. The van der Waals surface area contributed by atoms with E-state index in [0.717, 1.165) is 12.8 Å². The summed E-state index contributed by atoms with van der Waals surface area (Å²) in [5, 5.41) is 0. The number of terminal acetylenes is 1. The first-order valence-corrected chi connectivity index (χ1v) is 3.54. The van der Waals surface area contributed by atoms with Crippen molar-refractivity contribution < 1.29 is 0 Å². The third-order valence-electron chi connectivity index (χ3n) is 1.27. The van der Waals surface area contributed by atoms with Crippen LogP contribution in [0.2, 0.25) is 0 Å². The molecule has 0 spiro atoms. The van der Waals surface area contributed by atoms with E-state index < -0.39 is 0 Å². The molecule has 9 heavy (non-hydrogen) atoms. The maximum absolute atomic E-state index is 5.08. The number of hydrogen-bond acceptors (Lipinski definition) is 0. The fourth-order valence-corrected chi connectivity index (χ4v) is 0.720. The zero-order chi connectivity index (χ0) is 7.11. The zero-order valence-corrected chi connectivity index (χ0v) is 6.19. The molecule has 0 rings (SSSR count). The lowest BCUT2D eigenvalue weighted by molar-refractivity contribution is 0.584. The van der Waals surface area contributed by atoms with Crippen LogP contribution in [0.4, 0.5) is 0 Å². The Kier molecular flexibility index (Phi) is 5.41. The summed E-state index contributed by atoms with van der Waals surface area (Å²) in [4.78, 5) is 0. The Morgan fingerprint density at radius 1 is 1.56 bits per heavy atom. The largest absolute Gasteiger partial charge is 0.120 e. The third kappa shape index (κ3) is 7.56. The highest BCUT2D eigenvalue weighted by atomic mass is 14.0. The highest BCUT2D eigenvalue weighted by Crippen LogP contribution is 2.06. The van der Waals surface area contributed by atoms with E-state index in [-0.39, 0.29) is 0 Å². The van der Waals surface area contributed by atoms with Gasteiger partial charge in [-0.2, -0.15) is 0 Å². The molecule has 0 aliphatic carbocycles. The van der Waals surface area contributed by atoms with E-state index in [1.165, 1.54) is 12.8 Å². The summed E-state index contributed by atoms with van der Waals surface area (Å²) >= 11 is 0. The van der Waals surface area contributed by atoms with Crippen LogP contribution in [0.15, 0.2) is 0 Å². The maximum Gasteiger partial charge on any atom is 0.00860 e. The molecule has 0 nitrogen and oxygen atoms in total. The van der Waals surface area contributed by atoms with Gasteiger partial charge in [0.25, 0.3) is 0 Å². The Labute approximate surface area is 58.7 Å². The average Bonchev–Trinajstić information content (AvgIpc) is 1.80. The van der Waals surface area contributed by atoms with Crippen LogP contribution in [0.1, 0.15) is 32.6 Å². The van der Waals surface area contributed by atoms with Gasteiger partial charge in [0, 0.05) is 6.42 Å². The van der Waals surface area contributed by atoms with Gasteiger partial charge in [0.15, 0.2) is 0 Å². The summed E-state index contributed by atoms with van der Waals surface area (Å²) < 4.78 is 0. The van der Waals surface area contributed by atoms with Crippen molar-refractivity contribution in [1.29, 1.82) is 0 Å². The quantitative estimate of drug-likeness (QED) is 0.398. The Morgan fingerprint density at radius 2 is 2.22 bits per heavy atom. The van der Waals surface area contributed by atoms with Crippen molar-refractivity contribution in [2.45, 2.75) is 32.6 Å². The first kappa shape index (κ1) is 8.56. The Bertz CT molecular complexity index is 84.7. The van der Waals surface area contributed by atoms with Crippen molar-refractivity contribution in [3.8, 4) is 12.3 Å². The fraction of sp³-hybridized carbons (Fsp3) is 0.667. The van der Waals surface area contributed by atoms with Crippen LogP contribution in [0.25, 0.3) is 0 Å². The number of hydrogen-bond donors (Lipinski definition) is 0. The monoisotopic (exact) mass is 123 g/mol. The second kappa shape index (κ2) is 5.69. The summed E-state index contributed by atoms with van der Waals surface area (Å²) in [5.41, 5.74) is 0. The molecule has 0 heterocycles. The molecule has 0 aliphatic rings. The molecule has 1 unspecified atom stereocenters. The molecule has 0 bridgehead atoms. The lowest BCUT2D eigenvalue weighted by Crippen LogP contribution is -1.86. The summed E-state index contributed by atoms with van der Waals surface area (Å²) in [5.74, 6) is 3.21. The van der Waals surface area contributed by atoms with Crippen molar-refractivity contribution in [3.05, 3.63) is 6.92 Å². The lowest BCUT2D eigenvalue weighted by Gasteiger charge is -2.00. The molecule has 0 aliphatic heterocycles. The topological polar surface area (TPSA) is 0 Å². The Balaban J connectivity index is 2.85. The molecule has 0 saturated carbocycles. The minimum absolute atomic E-state index is 0.586. The van der Waals surface area contributed by atoms with Crippen molar-refractivity contribution in [2.24, 2.45) is 5.92 Å². The molecule has 1 atom stereocenters. The van der Waals surface area contributed by atoms with Gasteiger partial charge in [-0.15, -0.1) is 12.3 Å². The fourth-order valence-electron chi connectivity index (χ4n) is 0.720. The van der Waals surface area contributed by atoms with Gasteiger partial charge in [0.05, 0.1) is 0 Å². The van der Waals surface area contributed by atoms with E-state index >= 15 is 0 Å². The molecular formula is C9H15. The normalized spacial score (nSPS) is 9.56. The van der Waals surface area contributed by atoms with Gasteiger partial charge in [-0.1, -0.05) is 26.7 Å². The molecule has 0 aromatic carbocycles. The van der Waals surface area contributed by atoms with E-state index in [2.05, 4.69) is 19.8 Å². The molecule has 0 aromatic heterocycles. The van der Waals surface area contributed by atoms with Gasteiger partial charge in [0.2, 0.25) is 0 Å². The van der Waals surface area contributed by atoms with Crippen LogP contribution >= 0.6 is 0 Å². The molecule has 51 valence electrons. The van der Waals surface area contributed by atoms with Crippen LogP contribution in [0.5, 0.6) is 0 Å². The average molecular weight is 123 g/mol. The second-order valence-corrected chi connectivity index (χ2v) is 2.56. The van der Waals surface area contributed by atoms with Crippen LogP contribution in [-0.2, 0) is 0 Å². The molecule has 0 aromatic rings. The number of rotatable bonds is 4. The highest BCUT2D eigenvalue weighted by molar-refractivity contribution is 4.82. The molecule has 0 fully saturated rings. The van der Waals surface area contributed by atoms with E-state index in [1.807, 2.05) is 0 Å². The van der Waals surface area contributed by atoms with Crippen LogP contribution in [0, 0.1) is 25.2 Å². The molecule has 0 N–H and O–H groups in total. The predicted octanol–water partition coefficient (Wildman–Crippen LogP) is 2.65. The summed E-state index contributed by atoms with van der Waals surface area (Å²) in [6.45, 7) is 6.02. The smallest absolute Gasteiger partial charge is 0.00860 e. The van der Waals surface area contributed by atoms with Gasteiger partial charge >= 0.3 is 0 Å². The van der Waals surface area contributed by atoms with Crippen molar-refractivity contribution >= 4 is 0 Å². The second-order valence-electron chi connectivity index (χ2n) is 2.56. The molecule has 0 saturated heterocycles. The Morgan fingerprint density at radius 3 is 2.67 bits per heavy atom. The summed E-state index contributed by atoms with van der Waals surface area (Å²) in [6.07, 6.45) is 9.61. The minimum Gasteiger partial charge on any atom is -0.120 e. The van der Waals surface area contributed by atoms with E-state index in [1.54, 1.807) is 0 Å². The van der Waals surface area contributed by atoms with Crippen molar-refractivity contribution in [3.63, 3.8) is 0 Å². The van der Waals surface area contributed by atoms with Crippen LogP contribution < -0.4 is 0 Å². The zero-order valence-electron chi connectivity index (χ0n) is 6.19. The first-order valence-electron chi connectivity index (χ1n) is 3.54. The lowest BCUT2D eigenvalue weighted by atomic mass is 10.1. The van der Waals surface area contributed by atoms with E-state index in [0.29, 0.717) is 5.92 Å². The van der Waals surface area contributed by atoms with Crippen LogP contribution in [-0.4, -0.2) is 0 Å². The van der Waals surface area contributed by atoms with Gasteiger partial charge in [-0.3, -0.25) is 0 Å². The molecular weight excluding hydrogens is 108 g/mol. The van der Waals surface area contributed by atoms with E-state index in [9.17, 15) is 0 Å². The Hall–Kier alpha value is -0.440. The molecule has 1 radical (unpaired) electrons. The van der Waals surface area contributed by atoms with Crippen LogP contribution in [0.3, 0.4) is 0 Å². The first-order chi connectivity index (χ1) is 4.27. The summed E-state index contributed by atoms with van der Waals surface area (Å²) in [7, 11) is 0. The van der Waals surface area contributed by atoms with Crippen molar-refractivity contribution in [1.82, 2.24) is 0 Å². The van der Waals surface area contributed by atoms with Gasteiger partial charge in [0.1, 0.15) is 0 Å². The summed E-state index contributed by atoms with van der Waals surface area (Å²) in [6, 6.07) is 0. The SMILES string of the molecule is C#CCCCCC([CH2])C.